The van der Waals surface area contributed by atoms with Crippen molar-refractivity contribution in [2.75, 3.05) is 5.32 Å². The van der Waals surface area contributed by atoms with Crippen molar-refractivity contribution in [1.82, 2.24) is 19.3 Å². The number of nitrogens with one attached hydrogen (secondary N) is 1. The lowest BCUT2D eigenvalue weighted by Crippen LogP contribution is -2.33. The topological polar surface area (TPSA) is 108 Å². The van der Waals surface area contributed by atoms with Crippen LogP contribution in [0.15, 0.2) is 47.7 Å². The van der Waals surface area contributed by atoms with E-state index in [9.17, 15) is 14.4 Å². The Bertz CT molecular complexity index is 1090. The molecular weight excluding hydrogens is 374 g/mol. The van der Waals surface area contributed by atoms with E-state index in [0.717, 1.165) is 11.0 Å². The maximum absolute atomic E-state index is 12.5. The van der Waals surface area contributed by atoms with Crippen LogP contribution in [0.4, 0.5) is 5.82 Å². The number of carbonyl (C=O) groups is 2. The Kier molecular flexibility index (Phi) is 6.06. The Labute approximate surface area is 167 Å². The van der Waals surface area contributed by atoms with Gasteiger partial charge in [0.05, 0.1) is 29.5 Å². The van der Waals surface area contributed by atoms with Crippen molar-refractivity contribution in [1.29, 1.82) is 0 Å². The molecule has 0 aliphatic carbocycles. The van der Waals surface area contributed by atoms with Gasteiger partial charge in [0.25, 0.3) is 11.5 Å². The molecule has 0 unspecified atom stereocenters. The number of benzene rings is 1. The van der Waals surface area contributed by atoms with Gasteiger partial charge in [0.1, 0.15) is 12.4 Å². The first-order valence-electron chi connectivity index (χ1n) is 9.38. The molecule has 3 aromatic rings. The minimum absolute atomic E-state index is 0.116. The van der Waals surface area contributed by atoms with Crippen molar-refractivity contribution in [2.24, 2.45) is 0 Å². The Morgan fingerprint density at radius 3 is 2.72 bits per heavy atom. The zero-order valence-electron chi connectivity index (χ0n) is 16.5. The van der Waals surface area contributed by atoms with Gasteiger partial charge in [0, 0.05) is 6.07 Å². The van der Waals surface area contributed by atoms with Gasteiger partial charge in [0.2, 0.25) is 0 Å². The summed E-state index contributed by atoms with van der Waals surface area (Å²) in [4.78, 5) is 41.2. The normalized spacial score (nSPS) is 13.1. The number of hydrogen-bond acceptors (Lipinski definition) is 6. The minimum Gasteiger partial charge on any atom is -0.451 e. The Morgan fingerprint density at radius 1 is 1.21 bits per heavy atom. The van der Waals surface area contributed by atoms with Crippen molar-refractivity contribution in [2.45, 2.75) is 45.9 Å². The fourth-order valence-corrected chi connectivity index (χ4v) is 2.81. The number of hydrogen-bond donors (Lipinski definition) is 1. The largest absolute Gasteiger partial charge is 0.451 e. The number of carbonyl (C=O) groups excluding carboxylic acids is 2. The van der Waals surface area contributed by atoms with Crippen molar-refractivity contribution in [3.05, 3.63) is 53.2 Å². The SMILES string of the molecule is CC[C@@H](C)n1nccc1NC(=O)[C@@H](C)OC(=O)Cn1cnc2ccccc2c1=O. The summed E-state index contributed by atoms with van der Waals surface area (Å²) in [5.41, 5.74) is 0.204. The third kappa shape index (κ3) is 4.50. The van der Waals surface area contributed by atoms with E-state index < -0.39 is 18.0 Å². The number of anilines is 1. The van der Waals surface area contributed by atoms with Crippen molar-refractivity contribution in [3.63, 3.8) is 0 Å². The molecule has 0 saturated carbocycles. The Hall–Kier alpha value is -3.49. The molecule has 1 amide bonds. The van der Waals surface area contributed by atoms with Gasteiger partial charge < -0.3 is 10.1 Å². The zero-order valence-corrected chi connectivity index (χ0v) is 16.5. The fourth-order valence-electron chi connectivity index (χ4n) is 2.81. The summed E-state index contributed by atoms with van der Waals surface area (Å²) in [7, 11) is 0. The highest BCUT2D eigenvalue weighted by molar-refractivity contribution is 5.94. The quantitative estimate of drug-likeness (QED) is 0.612. The molecule has 9 heteroatoms. The van der Waals surface area contributed by atoms with Crippen LogP contribution in [0, 0.1) is 0 Å². The fraction of sp³-hybridized carbons (Fsp3) is 0.350. The average Bonchev–Trinajstić information content (AvgIpc) is 3.17. The lowest BCUT2D eigenvalue weighted by molar-refractivity contribution is -0.153. The molecule has 0 saturated heterocycles. The number of nitrogens with zero attached hydrogens (tertiary/aromatic N) is 4. The van der Waals surface area contributed by atoms with E-state index in [1.165, 1.54) is 13.3 Å². The van der Waals surface area contributed by atoms with Crippen LogP contribution in [0.1, 0.15) is 33.2 Å². The van der Waals surface area contributed by atoms with E-state index in [0.29, 0.717) is 16.7 Å². The first-order valence-corrected chi connectivity index (χ1v) is 9.38. The molecule has 1 aromatic carbocycles. The Morgan fingerprint density at radius 2 is 1.97 bits per heavy atom. The first kappa shape index (κ1) is 20.2. The molecule has 0 bridgehead atoms. The predicted molar refractivity (Wildman–Crippen MR) is 107 cm³/mol. The van der Waals surface area contributed by atoms with Crippen molar-refractivity contribution >= 4 is 28.6 Å². The van der Waals surface area contributed by atoms with Gasteiger partial charge >= 0.3 is 5.97 Å². The van der Waals surface area contributed by atoms with Gasteiger partial charge in [-0.2, -0.15) is 5.10 Å². The summed E-state index contributed by atoms with van der Waals surface area (Å²) in [5.74, 6) is -0.656. The molecule has 0 spiro atoms. The van der Waals surface area contributed by atoms with Crippen LogP contribution in [0.25, 0.3) is 10.9 Å². The standard InChI is InChI=1S/C20H23N5O4/c1-4-13(2)25-17(9-10-22-25)23-19(27)14(3)29-18(26)11-24-12-21-16-8-6-5-7-15(16)20(24)28/h5-10,12-14H,4,11H2,1-3H3,(H,23,27)/t13-,14-/m1/s1. The second kappa shape index (κ2) is 8.68. The summed E-state index contributed by atoms with van der Waals surface area (Å²) in [5, 5.41) is 7.32. The third-order valence-electron chi connectivity index (χ3n) is 4.64. The number of aromatic nitrogens is 4. The number of rotatable bonds is 7. The van der Waals surface area contributed by atoms with Gasteiger partial charge in [-0.1, -0.05) is 19.1 Å². The summed E-state index contributed by atoms with van der Waals surface area (Å²) in [6.07, 6.45) is 2.70. The van der Waals surface area contributed by atoms with Crippen LogP contribution in [0.5, 0.6) is 0 Å². The molecule has 0 radical (unpaired) electrons. The second-order valence-electron chi connectivity index (χ2n) is 6.73. The highest BCUT2D eigenvalue weighted by Gasteiger charge is 2.20. The number of esters is 1. The van der Waals surface area contributed by atoms with Crippen LogP contribution < -0.4 is 10.9 Å². The zero-order chi connectivity index (χ0) is 21.0. The van der Waals surface area contributed by atoms with Gasteiger partial charge in [-0.15, -0.1) is 0 Å². The van der Waals surface area contributed by atoms with Gasteiger partial charge in [-0.25, -0.2) is 9.67 Å². The van der Waals surface area contributed by atoms with E-state index >= 15 is 0 Å². The van der Waals surface area contributed by atoms with E-state index in [-0.39, 0.29) is 18.1 Å². The van der Waals surface area contributed by atoms with E-state index in [1.807, 2.05) is 13.8 Å². The molecule has 0 aliphatic heterocycles. The summed E-state index contributed by atoms with van der Waals surface area (Å²) >= 11 is 0. The number of ether oxygens (including phenoxy) is 1. The number of amides is 1. The molecule has 0 fully saturated rings. The first-order chi connectivity index (χ1) is 13.9. The highest BCUT2D eigenvalue weighted by Crippen LogP contribution is 2.16. The predicted octanol–water partition coefficient (Wildman–Crippen LogP) is 2.13. The lowest BCUT2D eigenvalue weighted by Gasteiger charge is -2.17. The van der Waals surface area contributed by atoms with Gasteiger partial charge in [-0.05, 0) is 32.4 Å². The third-order valence-corrected chi connectivity index (χ3v) is 4.64. The minimum atomic E-state index is -1.04. The lowest BCUT2D eigenvalue weighted by atomic mass is 10.2. The molecule has 2 atom stereocenters. The maximum Gasteiger partial charge on any atom is 0.326 e. The second-order valence-corrected chi connectivity index (χ2v) is 6.73. The molecule has 0 aliphatic rings. The number of fused-ring (bicyclic) bond motifs is 1. The molecule has 9 nitrogen and oxygen atoms in total. The molecule has 2 aromatic heterocycles. The van der Waals surface area contributed by atoms with Crippen LogP contribution >= 0.6 is 0 Å². The summed E-state index contributed by atoms with van der Waals surface area (Å²) in [6.45, 7) is 5.14. The maximum atomic E-state index is 12.5. The smallest absolute Gasteiger partial charge is 0.326 e. The van der Waals surface area contributed by atoms with Crippen LogP contribution in [-0.4, -0.2) is 37.3 Å². The average molecular weight is 397 g/mol. The molecule has 152 valence electrons. The number of para-hydroxylation sites is 1. The van der Waals surface area contributed by atoms with E-state index in [2.05, 4.69) is 15.4 Å². The molecule has 1 N–H and O–H groups in total. The van der Waals surface area contributed by atoms with Crippen molar-refractivity contribution in [3.8, 4) is 0 Å². The molecule has 3 rings (SSSR count). The van der Waals surface area contributed by atoms with Crippen LogP contribution in [0.3, 0.4) is 0 Å². The van der Waals surface area contributed by atoms with Gasteiger partial charge in [-0.3, -0.25) is 19.0 Å². The van der Waals surface area contributed by atoms with E-state index in [1.54, 1.807) is 41.2 Å². The Balaban J connectivity index is 1.63. The van der Waals surface area contributed by atoms with Crippen LogP contribution in [-0.2, 0) is 20.9 Å². The van der Waals surface area contributed by atoms with Crippen LogP contribution in [0.2, 0.25) is 0 Å². The summed E-state index contributed by atoms with van der Waals surface area (Å²) < 4.78 is 8.05. The van der Waals surface area contributed by atoms with Gasteiger partial charge in [0.15, 0.2) is 6.10 Å². The summed E-state index contributed by atoms with van der Waals surface area (Å²) in [6, 6.07) is 8.66. The molecular formula is C20H23N5O4. The van der Waals surface area contributed by atoms with Crippen molar-refractivity contribution < 1.29 is 14.3 Å². The molecule has 2 heterocycles. The molecule has 29 heavy (non-hydrogen) atoms. The monoisotopic (exact) mass is 397 g/mol. The van der Waals surface area contributed by atoms with E-state index in [4.69, 9.17) is 4.74 Å². The highest BCUT2D eigenvalue weighted by atomic mass is 16.5.